The topological polar surface area (TPSA) is 86.7 Å². The second kappa shape index (κ2) is 8.11. The van der Waals surface area contributed by atoms with Crippen molar-refractivity contribution in [1.29, 1.82) is 0 Å². The minimum atomic E-state index is -0.943. The molecule has 4 atom stereocenters. The molecule has 0 spiro atoms. The Balaban J connectivity index is 1.76. The molecule has 0 aromatic heterocycles. The van der Waals surface area contributed by atoms with E-state index in [4.69, 9.17) is 5.11 Å². The van der Waals surface area contributed by atoms with Gasteiger partial charge in [0.1, 0.15) is 0 Å². The highest BCUT2D eigenvalue weighted by molar-refractivity contribution is 6.00. The van der Waals surface area contributed by atoms with E-state index in [-0.39, 0.29) is 36.1 Å². The summed E-state index contributed by atoms with van der Waals surface area (Å²) in [6.07, 6.45) is 3.95. The van der Waals surface area contributed by atoms with Crippen LogP contribution < -0.4 is 10.2 Å². The van der Waals surface area contributed by atoms with Crippen molar-refractivity contribution in [2.45, 2.75) is 64.5 Å². The Bertz CT molecular complexity index is 733. The van der Waals surface area contributed by atoms with Gasteiger partial charge in [0, 0.05) is 23.7 Å². The number of carbonyl (C=O) groups is 3. The highest BCUT2D eigenvalue weighted by atomic mass is 16.4. The number of nitrogens with zero attached hydrogens (tertiary/aromatic N) is 1. The van der Waals surface area contributed by atoms with Gasteiger partial charge in [-0.1, -0.05) is 31.0 Å². The maximum Gasteiger partial charge on any atom is 0.305 e. The number of hydrogen-bond donors (Lipinski definition) is 2. The summed E-state index contributed by atoms with van der Waals surface area (Å²) in [7, 11) is 0. The highest BCUT2D eigenvalue weighted by Crippen LogP contribution is 2.38. The molecule has 2 N–H and O–H groups in total. The van der Waals surface area contributed by atoms with Crippen molar-refractivity contribution in [2.24, 2.45) is 11.8 Å². The van der Waals surface area contributed by atoms with Crippen LogP contribution in [0.3, 0.4) is 0 Å². The lowest BCUT2D eigenvalue weighted by Gasteiger charge is -2.34. The molecule has 4 unspecified atom stereocenters. The third-order valence-corrected chi connectivity index (χ3v) is 5.73. The SMILES string of the molecule is CC(CC(=O)O)NC(=O)C1CCCCC1C(=O)N1c2ccccc2CC1C. The van der Waals surface area contributed by atoms with Crippen molar-refractivity contribution < 1.29 is 19.5 Å². The summed E-state index contributed by atoms with van der Waals surface area (Å²) >= 11 is 0. The van der Waals surface area contributed by atoms with Crippen LogP contribution >= 0.6 is 0 Å². The molecule has 1 aliphatic carbocycles. The van der Waals surface area contributed by atoms with Crippen molar-refractivity contribution in [3.05, 3.63) is 29.8 Å². The number of nitrogens with one attached hydrogen (secondary N) is 1. The van der Waals surface area contributed by atoms with E-state index in [1.165, 1.54) is 5.56 Å². The minimum absolute atomic E-state index is 0.0261. The van der Waals surface area contributed by atoms with Gasteiger partial charge in [0.25, 0.3) is 0 Å². The zero-order valence-electron chi connectivity index (χ0n) is 16.0. The van der Waals surface area contributed by atoms with Gasteiger partial charge >= 0.3 is 5.97 Å². The first-order valence-electron chi connectivity index (χ1n) is 9.81. The molecule has 0 radical (unpaired) electrons. The van der Waals surface area contributed by atoms with Gasteiger partial charge in [-0.15, -0.1) is 0 Å². The first-order valence-corrected chi connectivity index (χ1v) is 9.81. The first-order chi connectivity index (χ1) is 12.9. The smallest absolute Gasteiger partial charge is 0.305 e. The standard InChI is InChI=1S/C21H28N2O4/c1-13(11-19(24)25)22-20(26)16-8-4-5-9-17(16)21(27)23-14(2)12-15-7-3-6-10-18(15)23/h3,6-7,10,13-14,16-17H,4-5,8-9,11-12H2,1-2H3,(H,22,26)(H,24,25). The maximum absolute atomic E-state index is 13.4. The van der Waals surface area contributed by atoms with E-state index in [0.717, 1.165) is 24.9 Å². The fourth-order valence-electron chi connectivity index (χ4n) is 4.48. The summed E-state index contributed by atoms with van der Waals surface area (Å²) in [4.78, 5) is 38.9. The van der Waals surface area contributed by atoms with Gasteiger partial charge in [-0.3, -0.25) is 14.4 Å². The lowest BCUT2D eigenvalue weighted by atomic mass is 9.77. The summed E-state index contributed by atoms with van der Waals surface area (Å²) < 4.78 is 0. The van der Waals surface area contributed by atoms with E-state index in [9.17, 15) is 14.4 Å². The highest BCUT2D eigenvalue weighted by Gasteiger charge is 2.41. The molecule has 2 aliphatic rings. The lowest BCUT2D eigenvalue weighted by molar-refractivity contribution is -0.139. The van der Waals surface area contributed by atoms with Gasteiger partial charge in [0.05, 0.1) is 12.3 Å². The van der Waals surface area contributed by atoms with E-state index in [1.807, 2.05) is 30.0 Å². The Morgan fingerprint density at radius 2 is 1.85 bits per heavy atom. The summed E-state index contributed by atoms with van der Waals surface area (Å²) in [5, 5.41) is 11.7. The Labute approximate surface area is 159 Å². The number of fused-ring (bicyclic) bond motifs is 1. The van der Waals surface area contributed by atoms with Crippen molar-refractivity contribution in [3.63, 3.8) is 0 Å². The fraction of sp³-hybridized carbons (Fsp3) is 0.571. The molecule has 1 heterocycles. The maximum atomic E-state index is 13.4. The van der Waals surface area contributed by atoms with Gasteiger partial charge < -0.3 is 15.3 Å². The van der Waals surface area contributed by atoms with E-state index < -0.39 is 12.0 Å². The Kier molecular flexibility index (Phi) is 5.82. The molecular formula is C21H28N2O4. The van der Waals surface area contributed by atoms with E-state index in [1.54, 1.807) is 6.92 Å². The number of rotatable bonds is 5. The van der Waals surface area contributed by atoms with Crippen LogP contribution in [0.15, 0.2) is 24.3 Å². The second-order valence-electron chi connectivity index (χ2n) is 7.90. The number of aliphatic carboxylic acids is 1. The van der Waals surface area contributed by atoms with Crippen LogP contribution in [-0.2, 0) is 20.8 Å². The normalized spacial score (nSPS) is 25.6. The number of benzene rings is 1. The number of amides is 2. The molecule has 0 bridgehead atoms. The predicted molar refractivity (Wildman–Crippen MR) is 102 cm³/mol. The third kappa shape index (κ3) is 4.15. The van der Waals surface area contributed by atoms with Gasteiger partial charge in [-0.2, -0.15) is 0 Å². The summed E-state index contributed by atoms with van der Waals surface area (Å²) in [6.45, 7) is 3.73. The Morgan fingerprint density at radius 1 is 1.19 bits per heavy atom. The number of carboxylic acid groups (broad SMARTS) is 1. The number of hydrogen-bond acceptors (Lipinski definition) is 3. The molecule has 1 aliphatic heterocycles. The van der Waals surface area contributed by atoms with E-state index in [2.05, 4.69) is 11.4 Å². The van der Waals surface area contributed by atoms with Crippen LogP contribution in [0.25, 0.3) is 0 Å². The van der Waals surface area contributed by atoms with Crippen LogP contribution in [0.2, 0.25) is 0 Å². The van der Waals surface area contributed by atoms with Crippen LogP contribution in [0.1, 0.15) is 51.5 Å². The van der Waals surface area contributed by atoms with Crippen molar-refractivity contribution >= 4 is 23.5 Å². The molecule has 2 amide bonds. The molecule has 146 valence electrons. The molecule has 6 heteroatoms. The molecule has 0 saturated heterocycles. The van der Waals surface area contributed by atoms with Crippen molar-refractivity contribution in [1.82, 2.24) is 5.32 Å². The predicted octanol–water partition coefficient (Wildman–Crippen LogP) is 2.75. The largest absolute Gasteiger partial charge is 0.481 e. The number of carboxylic acids is 1. The van der Waals surface area contributed by atoms with Crippen LogP contribution in [0.5, 0.6) is 0 Å². The molecular weight excluding hydrogens is 344 g/mol. The average molecular weight is 372 g/mol. The molecule has 1 fully saturated rings. The number of carbonyl (C=O) groups excluding carboxylic acids is 2. The second-order valence-corrected chi connectivity index (χ2v) is 7.90. The van der Waals surface area contributed by atoms with Crippen LogP contribution in [0, 0.1) is 11.8 Å². The zero-order chi connectivity index (χ0) is 19.6. The van der Waals surface area contributed by atoms with Crippen molar-refractivity contribution in [2.75, 3.05) is 4.90 Å². The van der Waals surface area contributed by atoms with Gasteiger partial charge in [-0.25, -0.2) is 0 Å². The zero-order valence-corrected chi connectivity index (χ0v) is 16.0. The Morgan fingerprint density at radius 3 is 2.56 bits per heavy atom. The fourth-order valence-corrected chi connectivity index (χ4v) is 4.48. The first kappa shape index (κ1) is 19.4. The molecule has 1 aromatic rings. The molecule has 1 saturated carbocycles. The molecule has 1 aromatic carbocycles. The van der Waals surface area contributed by atoms with Gasteiger partial charge in [-0.05, 0) is 44.7 Å². The third-order valence-electron chi connectivity index (χ3n) is 5.73. The molecule has 27 heavy (non-hydrogen) atoms. The van der Waals surface area contributed by atoms with Crippen LogP contribution in [-0.4, -0.2) is 35.0 Å². The summed E-state index contributed by atoms with van der Waals surface area (Å²) in [6, 6.07) is 7.60. The van der Waals surface area contributed by atoms with E-state index >= 15 is 0 Å². The quantitative estimate of drug-likeness (QED) is 0.832. The summed E-state index contributed by atoms with van der Waals surface area (Å²) in [5.74, 6) is -1.84. The number of anilines is 1. The summed E-state index contributed by atoms with van der Waals surface area (Å²) in [5.41, 5.74) is 2.13. The van der Waals surface area contributed by atoms with Gasteiger partial charge in [0.2, 0.25) is 11.8 Å². The average Bonchev–Trinajstić information content (AvgIpc) is 2.96. The monoisotopic (exact) mass is 372 g/mol. The lowest BCUT2D eigenvalue weighted by Crippen LogP contribution is -2.48. The Hall–Kier alpha value is -2.37. The van der Waals surface area contributed by atoms with Crippen LogP contribution in [0.4, 0.5) is 5.69 Å². The molecule has 3 rings (SSSR count). The molecule has 6 nitrogen and oxygen atoms in total. The van der Waals surface area contributed by atoms with E-state index in [0.29, 0.717) is 12.8 Å². The van der Waals surface area contributed by atoms with Crippen molar-refractivity contribution in [3.8, 4) is 0 Å². The number of para-hydroxylation sites is 1. The minimum Gasteiger partial charge on any atom is -0.481 e. The van der Waals surface area contributed by atoms with Gasteiger partial charge in [0.15, 0.2) is 0 Å².